The summed E-state index contributed by atoms with van der Waals surface area (Å²) in [6.45, 7) is 0.786. The zero-order valence-corrected chi connectivity index (χ0v) is 24.1. The smallest absolute Gasteiger partial charge is 0.243 e. The normalized spacial score (nSPS) is 11.3. The second-order valence-electron chi connectivity index (χ2n) is 10.5. The Morgan fingerprint density at radius 3 is 1.81 bits per heavy atom. The third-order valence-corrected chi connectivity index (χ3v) is 7.53. The number of hydroxylamine groups is 1. The van der Waals surface area contributed by atoms with Crippen molar-refractivity contribution in [3.63, 3.8) is 0 Å². The molecule has 0 fully saturated rings. The summed E-state index contributed by atoms with van der Waals surface area (Å²) in [5.74, 6) is -0.136. The molecule has 1 amide bonds. The van der Waals surface area contributed by atoms with Gasteiger partial charge < -0.3 is 0 Å². The molecule has 0 aliphatic rings. The highest BCUT2D eigenvalue weighted by Crippen LogP contribution is 2.39. The van der Waals surface area contributed by atoms with Crippen LogP contribution in [0.15, 0.2) is 121 Å². The van der Waals surface area contributed by atoms with Crippen LogP contribution in [0.5, 0.6) is 0 Å². The van der Waals surface area contributed by atoms with E-state index in [2.05, 4.69) is 15.8 Å². The summed E-state index contributed by atoms with van der Waals surface area (Å²) in [7, 11) is 0. The van der Waals surface area contributed by atoms with Gasteiger partial charge in [-0.15, -0.1) is 5.10 Å². The van der Waals surface area contributed by atoms with Crippen molar-refractivity contribution >= 4 is 12.2 Å². The van der Waals surface area contributed by atoms with Crippen LogP contribution >= 0.6 is 0 Å². The largest absolute Gasteiger partial charge is 0.298 e. The van der Waals surface area contributed by atoms with Crippen LogP contribution in [-0.4, -0.2) is 27.2 Å². The second kappa shape index (κ2) is 14.8. The number of amides is 1. The molecular weight excluding hydrogens is 536 g/mol. The SMILES string of the molecule is O=Cc1ccc(-c2cn(CCCCCCCC(=O)NOC(c3ccccc3)(c3ccccc3)c3ccccc3)nn2)cc1. The van der Waals surface area contributed by atoms with Crippen molar-refractivity contribution < 1.29 is 14.4 Å². The van der Waals surface area contributed by atoms with Gasteiger partial charge >= 0.3 is 0 Å². The van der Waals surface area contributed by atoms with Gasteiger partial charge in [0.25, 0.3) is 0 Å². The fourth-order valence-electron chi connectivity index (χ4n) is 5.24. The van der Waals surface area contributed by atoms with E-state index in [4.69, 9.17) is 4.84 Å². The van der Waals surface area contributed by atoms with Crippen molar-refractivity contribution in [2.45, 2.75) is 50.7 Å². The molecule has 0 radical (unpaired) electrons. The average molecular weight is 573 g/mol. The Morgan fingerprint density at radius 1 is 0.721 bits per heavy atom. The quantitative estimate of drug-likeness (QED) is 0.0624. The molecule has 0 atom stereocenters. The van der Waals surface area contributed by atoms with Gasteiger partial charge in [-0.05, 0) is 29.5 Å². The van der Waals surface area contributed by atoms with Crippen LogP contribution in [0.4, 0.5) is 0 Å². The molecule has 7 heteroatoms. The average Bonchev–Trinajstić information content (AvgIpc) is 3.55. The molecule has 43 heavy (non-hydrogen) atoms. The van der Waals surface area contributed by atoms with E-state index >= 15 is 0 Å². The zero-order valence-electron chi connectivity index (χ0n) is 24.1. The minimum absolute atomic E-state index is 0.136. The first-order chi connectivity index (χ1) is 21.2. The maximum atomic E-state index is 12.9. The van der Waals surface area contributed by atoms with Crippen molar-refractivity contribution in [1.82, 2.24) is 20.5 Å². The molecule has 0 aliphatic carbocycles. The molecule has 1 aromatic heterocycles. The molecule has 4 aromatic carbocycles. The molecular formula is C36H36N4O3. The maximum absolute atomic E-state index is 12.9. The number of nitrogens with zero attached hydrogens (tertiary/aromatic N) is 3. The third kappa shape index (κ3) is 7.50. The number of aryl methyl sites for hydroxylation is 1. The maximum Gasteiger partial charge on any atom is 0.243 e. The first-order valence-corrected chi connectivity index (χ1v) is 14.8. The minimum Gasteiger partial charge on any atom is -0.298 e. The fraction of sp³-hybridized carbons (Fsp3) is 0.222. The van der Waals surface area contributed by atoms with E-state index in [1.165, 1.54) is 0 Å². The first-order valence-electron chi connectivity index (χ1n) is 14.8. The van der Waals surface area contributed by atoms with Crippen molar-refractivity contribution in [3.05, 3.63) is 144 Å². The molecule has 1 heterocycles. The Labute approximate surface area is 252 Å². The lowest BCUT2D eigenvalue weighted by Gasteiger charge is -2.35. The number of hydrogen-bond donors (Lipinski definition) is 1. The van der Waals surface area contributed by atoms with Crippen molar-refractivity contribution in [2.24, 2.45) is 0 Å². The van der Waals surface area contributed by atoms with Gasteiger partial charge in [-0.1, -0.05) is 140 Å². The Bertz CT molecular complexity index is 1470. The number of carbonyl (C=O) groups excluding carboxylic acids is 2. The molecule has 0 bridgehead atoms. The molecule has 7 nitrogen and oxygen atoms in total. The molecule has 0 aliphatic heterocycles. The molecule has 5 rings (SSSR count). The molecule has 1 N–H and O–H groups in total. The third-order valence-electron chi connectivity index (χ3n) is 7.53. The van der Waals surface area contributed by atoms with Gasteiger partial charge in [-0.3, -0.25) is 19.1 Å². The summed E-state index contributed by atoms with van der Waals surface area (Å²) in [6, 6.07) is 37.3. The minimum atomic E-state index is -0.986. The molecule has 218 valence electrons. The Hall–Kier alpha value is -4.88. The van der Waals surface area contributed by atoms with E-state index in [1.807, 2.05) is 114 Å². The number of benzene rings is 4. The van der Waals surface area contributed by atoms with Crippen LogP contribution in [0.3, 0.4) is 0 Å². The lowest BCUT2D eigenvalue weighted by molar-refractivity contribution is -0.143. The van der Waals surface area contributed by atoms with E-state index in [0.717, 1.165) is 72.9 Å². The summed E-state index contributed by atoms with van der Waals surface area (Å²) < 4.78 is 1.85. The van der Waals surface area contributed by atoms with Crippen LogP contribution in [0.25, 0.3) is 11.3 Å². The van der Waals surface area contributed by atoms with Crippen LogP contribution in [0, 0.1) is 0 Å². The lowest BCUT2D eigenvalue weighted by atomic mass is 9.80. The second-order valence-corrected chi connectivity index (χ2v) is 10.5. The zero-order chi connectivity index (χ0) is 29.7. The number of rotatable bonds is 15. The molecule has 0 spiro atoms. The Kier molecular flexibility index (Phi) is 10.2. The van der Waals surface area contributed by atoms with Gasteiger partial charge in [-0.2, -0.15) is 0 Å². The Morgan fingerprint density at radius 2 is 1.26 bits per heavy atom. The van der Waals surface area contributed by atoms with Crippen molar-refractivity contribution in [3.8, 4) is 11.3 Å². The van der Waals surface area contributed by atoms with Crippen molar-refractivity contribution in [2.75, 3.05) is 0 Å². The van der Waals surface area contributed by atoms with E-state index in [9.17, 15) is 9.59 Å². The van der Waals surface area contributed by atoms with Gasteiger partial charge in [0.15, 0.2) is 5.60 Å². The van der Waals surface area contributed by atoms with Crippen LogP contribution in [0.2, 0.25) is 0 Å². The molecule has 0 saturated heterocycles. The molecule has 0 saturated carbocycles. The molecule has 5 aromatic rings. The predicted octanol–water partition coefficient (Wildman–Crippen LogP) is 7.14. The van der Waals surface area contributed by atoms with E-state index in [1.54, 1.807) is 12.1 Å². The Balaban J connectivity index is 1.10. The highest BCUT2D eigenvalue weighted by molar-refractivity contribution is 5.76. The van der Waals surface area contributed by atoms with Gasteiger partial charge in [0.2, 0.25) is 5.91 Å². The van der Waals surface area contributed by atoms with Crippen LogP contribution in [0.1, 0.15) is 65.6 Å². The standard InChI is InChI=1S/C36H36N4O3/c41-28-29-22-24-30(25-23-29)34-27-40(39-37-34)26-14-3-1-2-13-21-35(42)38-43-36(31-15-7-4-8-16-31,32-17-9-5-10-18-32)33-19-11-6-12-20-33/h4-12,15-20,22-25,27-28H,1-3,13-14,21,26H2,(H,38,42). The highest BCUT2D eigenvalue weighted by atomic mass is 16.7. The lowest BCUT2D eigenvalue weighted by Crippen LogP contribution is -2.40. The fourth-order valence-corrected chi connectivity index (χ4v) is 5.24. The number of hydrogen-bond acceptors (Lipinski definition) is 5. The summed E-state index contributed by atoms with van der Waals surface area (Å²) in [5, 5.41) is 8.48. The number of nitrogens with one attached hydrogen (secondary N) is 1. The first kappa shape index (κ1) is 29.6. The number of unbranched alkanes of at least 4 members (excludes halogenated alkanes) is 4. The van der Waals surface area contributed by atoms with Gasteiger partial charge in [-0.25, -0.2) is 5.48 Å². The van der Waals surface area contributed by atoms with Gasteiger partial charge in [0.1, 0.15) is 12.0 Å². The summed E-state index contributed by atoms with van der Waals surface area (Å²) in [4.78, 5) is 30.2. The van der Waals surface area contributed by atoms with E-state index < -0.39 is 5.60 Å². The summed E-state index contributed by atoms with van der Waals surface area (Å²) >= 11 is 0. The van der Waals surface area contributed by atoms with E-state index in [-0.39, 0.29) is 5.91 Å². The number of carbonyl (C=O) groups is 2. The topological polar surface area (TPSA) is 86.1 Å². The van der Waals surface area contributed by atoms with E-state index in [0.29, 0.717) is 12.0 Å². The van der Waals surface area contributed by atoms with Crippen LogP contribution < -0.4 is 5.48 Å². The highest BCUT2D eigenvalue weighted by Gasteiger charge is 2.39. The summed E-state index contributed by atoms with van der Waals surface area (Å²) in [6.07, 6.45) is 7.95. The van der Waals surface area contributed by atoms with Gasteiger partial charge in [0.05, 0.1) is 6.20 Å². The van der Waals surface area contributed by atoms with Crippen molar-refractivity contribution in [1.29, 1.82) is 0 Å². The number of aldehydes is 1. The monoisotopic (exact) mass is 572 g/mol. The summed E-state index contributed by atoms with van der Waals surface area (Å²) in [5.41, 5.74) is 6.97. The predicted molar refractivity (Wildman–Crippen MR) is 167 cm³/mol. The number of aromatic nitrogens is 3. The molecule has 0 unspecified atom stereocenters. The van der Waals surface area contributed by atoms with Crippen LogP contribution in [-0.2, 0) is 21.8 Å². The van der Waals surface area contributed by atoms with Gasteiger partial charge in [0, 0.05) is 24.1 Å².